The SMILES string of the molecule is O=C([O-])C(=O)[O-].[Na+].[Na+].[Na+]. The molecule has 0 fully saturated rings. The Kier molecular flexibility index (Phi) is 31.4. The van der Waals surface area contributed by atoms with Crippen LogP contribution in [0.2, 0.25) is 0 Å². The monoisotopic (exact) mass is 157 g/mol. The maximum Gasteiger partial charge on any atom is 1.00 e. The third-order valence-electron chi connectivity index (χ3n) is 0.167. The van der Waals surface area contributed by atoms with E-state index in [0.717, 1.165) is 0 Å². The molecule has 0 unspecified atom stereocenters. The van der Waals surface area contributed by atoms with Gasteiger partial charge >= 0.3 is 88.7 Å². The van der Waals surface area contributed by atoms with Crippen molar-refractivity contribution >= 4 is 11.9 Å². The van der Waals surface area contributed by atoms with Gasteiger partial charge in [0.1, 0.15) is 0 Å². The largest absolute Gasteiger partial charge is 1.00 e. The van der Waals surface area contributed by atoms with E-state index in [1.54, 1.807) is 0 Å². The molecule has 0 aliphatic rings. The van der Waals surface area contributed by atoms with E-state index in [4.69, 9.17) is 19.8 Å². The van der Waals surface area contributed by atoms with Crippen LogP contribution in [0, 0.1) is 0 Å². The summed E-state index contributed by atoms with van der Waals surface area (Å²) < 4.78 is 0. The van der Waals surface area contributed by atoms with Crippen LogP contribution >= 0.6 is 0 Å². The first-order chi connectivity index (χ1) is 2.64. The summed E-state index contributed by atoms with van der Waals surface area (Å²) in [6.45, 7) is 0. The third kappa shape index (κ3) is 17.8. The molecular formula is C2Na3O4+. The molecular weight excluding hydrogens is 157 g/mol. The summed E-state index contributed by atoms with van der Waals surface area (Å²) in [5.41, 5.74) is 0. The van der Waals surface area contributed by atoms with Crippen LogP contribution in [-0.4, -0.2) is 11.9 Å². The molecule has 0 aromatic heterocycles. The van der Waals surface area contributed by atoms with Crippen molar-refractivity contribution in [3.8, 4) is 0 Å². The number of carboxylic acids is 2. The minimum Gasteiger partial charge on any atom is -0.543 e. The summed E-state index contributed by atoms with van der Waals surface area (Å²) in [4.78, 5) is 17.9. The average Bonchev–Trinajstić information content (AvgIpc) is 1.36. The Balaban J connectivity index is -0.0000000417. The zero-order chi connectivity index (χ0) is 5.15. The Hall–Kier alpha value is 1.94. The molecule has 0 aromatic carbocycles. The van der Waals surface area contributed by atoms with Gasteiger partial charge in [0.2, 0.25) is 0 Å². The number of hydrogen-bond acceptors (Lipinski definition) is 4. The van der Waals surface area contributed by atoms with Gasteiger partial charge < -0.3 is 19.8 Å². The minimum absolute atomic E-state index is 0. The molecule has 0 spiro atoms. The number of carbonyl (C=O) groups excluding carboxylic acids is 2. The van der Waals surface area contributed by atoms with Gasteiger partial charge in [0.25, 0.3) is 0 Å². The van der Waals surface area contributed by atoms with E-state index in [1.807, 2.05) is 0 Å². The Labute approximate surface area is 118 Å². The Morgan fingerprint density at radius 1 is 0.778 bits per heavy atom. The van der Waals surface area contributed by atoms with Gasteiger partial charge in [0.05, 0.1) is 11.9 Å². The molecule has 0 atom stereocenters. The van der Waals surface area contributed by atoms with Gasteiger partial charge in [0, 0.05) is 0 Å². The van der Waals surface area contributed by atoms with Crippen molar-refractivity contribution in [3.05, 3.63) is 0 Å². The fraction of sp³-hybridized carbons (Fsp3) is 0. The van der Waals surface area contributed by atoms with Gasteiger partial charge in [-0.25, -0.2) is 0 Å². The molecule has 0 aliphatic carbocycles. The summed E-state index contributed by atoms with van der Waals surface area (Å²) >= 11 is 0. The van der Waals surface area contributed by atoms with Crippen molar-refractivity contribution in [1.82, 2.24) is 0 Å². The van der Waals surface area contributed by atoms with E-state index in [-0.39, 0.29) is 88.7 Å². The van der Waals surface area contributed by atoms with Gasteiger partial charge in [0.15, 0.2) is 0 Å². The van der Waals surface area contributed by atoms with Crippen LogP contribution in [0.5, 0.6) is 0 Å². The molecule has 0 aromatic rings. The quantitative estimate of drug-likeness (QED) is 0.258. The summed E-state index contributed by atoms with van der Waals surface area (Å²) in [5, 5.41) is 17.9. The summed E-state index contributed by atoms with van der Waals surface area (Å²) in [6.07, 6.45) is 0. The second-order valence-corrected chi connectivity index (χ2v) is 0.575. The Morgan fingerprint density at radius 2 is 0.889 bits per heavy atom. The smallest absolute Gasteiger partial charge is 0.543 e. The van der Waals surface area contributed by atoms with Crippen molar-refractivity contribution in [3.63, 3.8) is 0 Å². The van der Waals surface area contributed by atoms with Crippen molar-refractivity contribution in [2.24, 2.45) is 0 Å². The Morgan fingerprint density at radius 3 is 0.889 bits per heavy atom. The topological polar surface area (TPSA) is 80.3 Å². The maximum atomic E-state index is 8.93. The molecule has 9 heavy (non-hydrogen) atoms. The second kappa shape index (κ2) is 12.6. The van der Waals surface area contributed by atoms with Crippen LogP contribution in [0.3, 0.4) is 0 Å². The van der Waals surface area contributed by atoms with E-state index < -0.39 is 11.9 Å². The van der Waals surface area contributed by atoms with Crippen LogP contribution in [0.1, 0.15) is 0 Å². The zero-order valence-electron chi connectivity index (χ0n) is 5.63. The molecule has 7 heteroatoms. The molecule has 0 aliphatic heterocycles. The van der Waals surface area contributed by atoms with Gasteiger partial charge in [-0.05, 0) is 0 Å². The fourth-order valence-electron chi connectivity index (χ4n) is 0. The molecule has 0 bridgehead atoms. The summed E-state index contributed by atoms with van der Waals surface area (Å²) in [6, 6.07) is 0. The molecule has 0 heterocycles. The molecule has 34 valence electrons. The minimum atomic E-state index is -2.19. The second-order valence-electron chi connectivity index (χ2n) is 0.575. The first kappa shape index (κ1) is 22.4. The third-order valence-corrected chi connectivity index (χ3v) is 0.167. The normalized spacial score (nSPS) is 4.89. The van der Waals surface area contributed by atoms with Crippen molar-refractivity contribution in [2.75, 3.05) is 0 Å². The predicted molar refractivity (Wildman–Crippen MR) is 10.0 cm³/mol. The number of rotatable bonds is 0. The van der Waals surface area contributed by atoms with Crippen LogP contribution in [0.4, 0.5) is 0 Å². The number of carbonyl (C=O) groups is 2. The summed E-state index contributed by atoms with van der Waals surface area (Å²) in [5.74, 6) is -4.37. The van der Waals surface area contributed by atoms with Crippen molar-refractivity contribution in [1.29, 1.82) is 0 Å². The van der Waals surface area contributed by atoms with Crippen LogP contribution in [0.25, 0.3) is 0 Å². The van der Waals surface area contributed by atoms with E-state index in [9.17, 15) is 0 Å². The molecule has 0 radical (unpaired) electrons. The Bertz CT molecular complexity index is 79.8. The van der Waals surface area contributed by atoms with Crippen molar-refractivity contribution in [2.45, 2.75) is 0 Å². The summed E-state index contributed by atoms with van der Waals surface area (Å²) in [7, 11) is 0. The fourth-order valence-corrected chi connectivity index (χ4v) is 0. The van der Waals surface area contributed by atoms with Crippen LogP contribution in [0.15, 0.2) is 0 Å². The molecule has 0 N–H and O–H groups in total. The first-order valence-corrected chi connectivity index (χ1v) is 1.07. The van der Waals surface area contributed by atoms with Crippen molar-refractivity contribution < 1.29 is 108 Å². The van der Waals surface area contributed by atoms with Gasteiger partial charge in [-0.3, -0.25) is 0 Å². The van der Waals surface area contributed by atoms with Gasteiger partial charge in [-0.2, -0.15) is 0 Å². The van der Waals surface area contributed by atoms with Crippen LogP contribution in [-0.2, 0) is 9.59 Å². The number of carboxylic acid groups (broad SMARTS) is 2. The van der Waals surface area contributed by atoms with Crippen LogP contribution < -0.4 is 98.9 Å². The number of hydrogen-bond donors (Lipinski definition) is 0. The first-order valence-electron chi connectivity index (χ1n) is 1.07. The standard InChI is InChI=1S/C2H2O4.3Na/c3-1(4)2(5)6;;;/h(H,3,4)(H,5,6);;;/q;3*+1/p-2. The molecule has 0 rings (SSSR count). The molecule has 0 saturated carbocycles. The predicted octanol–water partition coefficient (Wildman–Crippen LogP) is -12.5. The van der Waals surface area contributed by atoms with E-state index in [0.29, 0.717) is 0 Å². The average molecular weight is 157 g/mol. The molecule has 0 saturated heterocycles. The van der Waals surface area contributed by atoms with Gasteiger partial charge in [-0.15, -0.1) is 0 Å². The van der Waals surface area contributed by atoms with E-state index in [1.165, 1.54) is 0 Å². The van der Waals surface area contributed by atoms with E-state index in [2.05, 4.69) is 0 Å². The molecule has 4 nitrogen and oxygen atoms in total. The maximum absolute atomic E-state index is 8.93. The zero-order valence-corrected chi connectivity index (χ0v) is 11.6. The van der Waals surface area contributed by atoms with E-state index >= 15 is 0 Å². The van der Waals surface area contributed by atoms with Gasteiger partial charge in [-0.1, -0.05) is 0 Å². The number of aliphatic carboxylic acids is 2. The molecule has 0 amide bonds.